The van der Waals surface area contributed by atoms with Gasteiger partial charge in [-0.05, 0) is 46.0 Å². The highest BCUT2D eigenvalue weighted by molar-refractivity contribution is 5.82. The number of carboxylic acids is 1. The van der Waals surface area contributed by atoms with Gasteiger partial charge in [-0.25, -0.2) is 0 Å². The van der Waals surface area contributed by atoms with Crippen molar-refractivity contribution < 1.29 is 14.7 Å². The van der Waals surface area contributed by atoms with Crippen LogP contribution in [0.3, 0.4) is 0 Å². The van der Waals surface area contributed by atoms with Gasteiger partial charge in [0, 0.05) is 19.5 Å². The molecule has 0 aliphatic rings. The molecular weight excluding hydrogens is 338 g/mol. The SMILES string of the molecule is CCCCCCCCCC/C=C/CCCC(CC(=O)N(CC)CC)C(=O)O. The summed E-state index contributed by atoms with van der Waals surface area (Å²) in [5, 5.41) is 9.35. The van der Waals surface area contributed by atoms with E-state index in [4.69, 9.17) is 0 Å². The average Bonchev–Trinajstić information content (AvgIpc) is 2.65. The van der Waals surface area contributed by atoms with Gasteiger partial charge in [-0.1, -0.05) is 64.0 Å². The molecule has 0 aliphatic carbocycles. The van der Waals surface area contributed by atoms with Crippen LogP contribution in [-0.2, 0) is 9.59 Å². The van der Waals surface area contributed by atoms with Crippen LogP contribution < -0.4 is 0 Å². The first-order chi connectivity index (χ1) is 13.1. The third-order valence-corrected chi connectivity index (χ3v) is 5.20. The van der Waals surface area contributed by atoms with Crippen LogP contribution in [0.2, 0.25) is 0 Å². The molecule has 27 heavy (non-hydrogen) atoms. The van der Waals surface area contributed by atoms with Gasteiger partial charge >= 0.3 is 5.97 Å². The third-order valence-electron chi connectivity index (χ3n) is 5.20. The van der Waals surface area contributed by atoms with E-state index in [1.54, 1.807) is 4.90 Å². The molecule has 0 rings (SSSR count). The fourth-order valence-electron chi connectivity index (χ4n) is 3.34. The molecule has 0 bridgehead atoms. The molecule has 0 aromatic rings. The topological polar surface area (TPSA) is 57.6 Å². The fraction of sp³-hybridized carbons (Fsp3) is 0.826. The molecule has 0 aliphatic heterocycles. The van der Waals surface area contributed by atoms with Gasteiger partial charge in [0.1, 0.15) is 0 Å². The number of allylic oxidation sites excluding steroid dienone is 2. The molecule has 0 aromatic heterocycles. The van der Waals surface area contributed by atoms with Gasteiger partial charge in [-0.3, -0.25) is 9.59 Å². The molecule has 0 saturated heterocycles. The monoisotopic (exact) mass is 381 g/mol. The predicted octanol–water partition coefficient (Wildman–Crippen LogP) is 6.20. The van der Waals surface area contributed by atoms with E-state index in [0.717, 1.165) is 19.3 Å². The lowest BCUT2D eigenvalue weighted by atomic mass is 9.97. The highest BCUT2D eigenvalue weighted by atomic mass is 16.4. The number of amides is 1. The number of hydrogen-bond donors (Lipinski definition) is 1. The third kappa shape index (κ3) is 14.4. The lowest BCUT2D eigenvalue weighted by Crippen LogP contribution is -2.33. The minimum Gasteiger partial charge on any atom is -0.481 e. The smallest absolute Gasteiger partial charge is 0.307 e. The van der Waals surface area contributed by atoms with E-state index in [2.05, 4.69) is 19.1 Å². The summed E-state index contributed by atoms with van der Waals surface area (Å²) < 4.78 is 0. The molecular formula is C23H43NO3. The van der Waals surface area contributed by atoms with E-state index < -0.39 is 11.9 Å². The first-order valence-corrected chi connectivity index (χ1v) is 11.2. The van der Waals surface area contributed by atoms with Crippen molar-refractivity contribution in [3.8, 4) is 0 Å². The van der Waals surface area contributed by atoms with Crippen molar-refractivity contribution in [1.29, 1.82) is 0 Å². The van der Waals surface area contributed by atoms with Crippen molar-refractivity contribution >= 4 is 11.9 Å². The molecule has 0 radical (unpaired) electrons. The van der Waals surface area contributed by atoms with Crippen molar-refractivity contribution in [1.82, 2.24) is 4.90 Å². The quantitative estimate of drug-likeness (QED) is 0.227. The maximum atomic E-state index is 12.1. The minimum atomic E-state index is -0.849. The Balaban J connectivity index is 3.78. The van der Waals surface area contributed by atoms with Gasteiger partial charge in [-0.15, -0.1) is 0 Å². The Morgan fingerprint density at radius 3 is 1.85 bits per heavy atom. The van der Waals surface area contributed by atoms with E-state index in [1.165, 1.54) is 51.4 Å². The van der Waals surface area contributed by atoms with Gasteiger partial charge in [0.25, 0.3) is 0 Å². The highest BCUT2D eigenvalue weighted by Crippen LogP contribution is 2.16. The first-order valence-electron chi connectivity index (χ1n) is 11.2. The largest absolute Gasteiger partial charge is 0.481 e. The minimum absolute atomic E-state index is 0.0439. The Morgan fingerprint density at radius 1 is 0.815 bits per heavy atom. The molecule has 4 heteroatoms. The maximum Gasteiger partial charge on any atom is 0.307 e. The van der Waals surface area contributed by atoms with Crippen LogP contribution in [0.25, 0.3) is 0 Å². The molecule has 1 unspecified atom stereocenters. The molecule has 1 amide bonds. The lowest BCUT2D eigenvalue weighted by Gasteiger charge is -2.20. The maximum absolute atomic E-state index is 12.1. The molecule has 1 atom stereocenters. The normalized spacial score (nSPS) is 12.4. The molecule has 158 valence electrons. The van der Waals surface area contributed by atoms with E-state index in [-0.39, 0.29) is 12.3 Å². The summed E-state index contributed by atoms with van der Waals surface area (Å²) in [5.74, 6) is -1.45. The van der Waals surface area contributed by atoms with Crippen LogP contribution in [-0.4, -0.2) is 35.0 Å². The number of nitrogens with zero attached hydrogens (tertiary/aromatic N) is 1. The van der Waals surface area contributed by atoms with Gasteiger partial charge in [0.15, 0.2) is 0 Å². The lowest BCUT2D eigenvalue weighted by molar-refractivity contribution is -0.146. The number of hydrogen-bond acceptors (Lipinski definition) is 2. The van der Waals surface area contributed by atoms with Gasteiger partial charge in [0.2, 0.25) is 5.91 Å². The van der Waals surface area contributed by atoms with Crippen LogP contribution >= 0.6 is 0 Å². The number of unbranched alkanes of at least 4 members (excludes halogenated alkanes) is 9. The number of aliphatic carboxylic acids is 1. The van der Waals surface area contributed by atoms with Crippen molar-refractivity contribution in [2.45, 2.75) is 104 Å². The van der Waals surface area contributed by atoms with Gasteiger partial charge < -0.3 is 10.0 Å². The second-order valence-electron chi connectivity index (χ2n) is 7.47. The van der Waals surface area contributed by atoms with E-state index in [9.17, 15) is 14.7 Å². The number of carbonyl (C=O) groups is 2. The predicted molar refractivity (Wildman–Crippen MR) is 114 cm³/mol. The molecule has 0 saturated carbocycles. The Kier molecular flexibility index (Phi) is 17.2. The summed E-state index contributed by atoms with van der Waals surface area (Å²) in [6.45, 7) is 7.38. The highest BCUT2D eigenvalue weighted by Gasteiger charge is 2.22. The zero-order chi connectivity index (χ0) is 20.3. The van der Waals surface area contributed by atoms with Crippen LogP contribution in [0.15, 0.2) is 12.2 Å². The molecule has 1 N–H and O–H groups in total. The Hall–Kier alpha value is -1.32. The van der Waals surface area contributed by atoms with E-state index in [1.807, 2.05) is 13.8 Å². The van der Waals surface area contributed by atoms with Crippen molar-refractivity contribution in [2.75, 3.05) is 13.1 Å². The van der Waals surface area contributed by atoms with Crippen LogP contribution in [0.1, 0.15) is 104 Å². The van der Waals surface area contributed by atoms with Crippen molar-refractivity contribution in [3.63, 3.8) is 0 Å². The number of carbonyl (C=O) groups excluding carboxylic acids is 1. The molecule has 0 fully saturated rings. The fourth-order valence-corrected chi connectivity index (χ4v) is 3.34. The summed E-state index contributed by atoms with van der Waals surface area (Å²) >= 11 is 0. The van der Waals surface area contributed by atoms with Crippen LogP contribution in [0.5, 0.6) is 0 Å². The van der Waals surface area contributed by atoms with Gasteiger partial charge in [0.05, 0.1) is 5.92 Å². The molecule has 0 heterocycles. The van der Waals surface area contributed by atoms with E-state index >= 15 is 0 Å². The molecule has 0 aromatic carbocycles. The Morgan fingerprint density at radius 2 is 1.33 bits per heavy atom. The zero-order valence-electron chi connectivity index (χ0n) is 18.0. The van der Waals surface area contributed by atoms with Gasteiger partial charge in [-0.2, -0.15) is 0 Å². The van der Waals surface area contributed by atoms with E-state index in [0.29, 0.717) is 19.5 Å². The standard InChI is InChI=1S/C23H43NO3/c1-4-7-8-9-10-11-12-13-14-15-16-17-18-19-21(23(26)27)20-22(25)24(5-2)6-3/h15-16,21H,4-14,17-20H2,1-3H3,(H,26,27)/b16-15+. The van der Waals surface area contributed by atoms with Crippen molar-refractivity contribution in [2.24, 2.45) is 5.92 Å². The summed E-state index contributed by atoms with van der Waals surface area (Å²) in [7, 11) is 0. The summed E-state index contributed by atoms with van der Waals surface area (Å²) in [5.41, 5.74) is 0. The van der Waals surface area contributed by atoms with Crippen LogP contribution in [0.4, 0.5) is 0 Å². The summed E-state index contributed by atoms with van der Waals surface area (Å²) in [6.07, 6.45) is 18.7. The molecule has 0 spiro atoms. The summed E-state index contributed by atoms with van der Waals surface area (Å²) in [6, 6.07) is 0. The molecule has 4 nitrogen and oxygen atoms in total. The zero-order valence-corrected chi connectivity index (χ0v) is 18.0. The number of carboxylic acid groups (broad SMARTS) is 1. The second-order valence-corrected chi connectivity index (χ2v) is 7.47. The Bertz CT molecular complexity index is 402. The second kappa shape index (κ2) is 18.1. The van der Waals surface area contributed by atoms with Crippen molar-refractivity contribution in [3.05, 3.63) is 12.2 Å². The first kappa shape index (κ1) is 25.7. The van der Waals surface area contributed by atoms with Crippen LogP contribution in [0, 0.1) is 5.92 Å². The number of rotatable bonds is 18. The summed E-state index contributed by atoms with van der Waals surface area (Å²) in [4.78, 5) is 25.2. The Labute approximate surface area is 167 Å². The average molecular weight is 382 g/mol.